The van der Waals surface area contributed by atoms with E-state index in [-0.39, 0.29) is 11.8 Å². The van der Waals surface area contributed by atoms with Gasteiger partial charge in [0.2, 0.25) is 0 Å². The topological polar surface area (TPSA) is 42.3 Å². The summed E-state index contributed by atoms with van der Waals surface area (Å²) in [5, 5.41) is -0.386. The van der Waals surface area contributed by atoms with Gasteiger partial charge in [0.15, 0.2) is 0 Å². The molecule has 6 heteroatoms. The fourth-order valence-corrected chi connectivity index (χ4v) is 4.81. The number of benzene rings is 2. The van der Waals surface area contributed by atoms with Crippen molar-refractivity contribution in [2.75, 3.05) is 0 Å². The van der Waals surface area contributed by atoms with Crippen molar-refractivity contribution in [2.24, 2.45) is 0 Å². The molecule has 2 aromatic carbocycles. The van der Waals surface area contributed by atoms with E-state index in [9.17, 15) is 14.0 Å². The summed E-state index contributed by atoms with van der Waals surface area (Å²) in [5.74, 6) is -0.822. The predicted molar refractivity (Wildman–Crippen MR) is 123 cm³/mol. The summed E-state index contributed by atoms with van der Waals surface area (Å²) in [7, 11) is 0. The Morgan fingerprint density at radius 2 is 1.65 bits per heavy atom. The summed E-state index contributed by atoms with van der Waals surface area (Å²) in [6.07, 6.45) is 1.76. The van der Waals surface area contributed by atoms with Gasteiger partial charge in [-0.1, -0.05) is 24.3 Å². The number of amides is 2. The Balaban J connectivity index is 1.66. The molecule has 158 valence electrons. The molecule has 1 aliphatic heterocycles. The number of carbonyl (C=O) groups is 2. The number of thioether (sulfide) groups is 1. The lowest BCUT2D eigenvalue weighted by Gasteiger charge is -2.13. The molecule has 0 unspecified atom stereocenters. The van der Waals surface area contributed by atoms with Gasteiger partial charge in [0.1, 0.15) is 5.82 Å². The van der Waals surface area contributed by atoms with Crippen LogP contribution in [0.1, 0.15) is 33.6 Å². The molecule has 0 N–H and O–H groups in total. The first-order valence-corrected chi connectivity index (χ1v) is 10.8. The van der Waals surface area contributed by atoms with Crippen LogP contribution in [0.4, 0.5) is 9.18 Å². The van der Waals surface area contributed by atoms with Crippen LogP contribution >= 0.6 is 11.8 Å². The van der Waals surface area contributed by atoms with E-state index in [2.05, 4.69) is 36.6 Å². The Kier molecular flexibility index (Phi) is 5.58. The maximum absolute atomic E-state index is 14.0. The van der Waals surface area contributed by atoms with Crippen molar-refractivity contribution in [3.63, 3.8) is 0 Å². The zero-order valence-corrected chi connectivity index (χ0v) is 18.7. The fourth-order valence-electron chi connectivity index (χ4n) is 3.99. The maximum Gasteiger partial charge on any atom is 0.293 e. The van der Waals surface area contributed by atoms with Crippen LogP contribution in [0.5, 0.6) is 0 Å². The number of aromatic nitrogens is 1. The van der Waals surface area contributed by atoms with Crippen LogP contribution in [0, 0.1) is 33.5 Å². The number of aryl methyl sites for hydroxylation is 3. The average molecular weight is 435 g/mol. The van der Waals surface area contributed by atoms with Gasteiger partial charge in [-0.3, -0.25) is 14.5 Å². The van der Waals surface area contributed by atoms with Crippen molar-refractivity contribution >= 4 is 29.0 Å². The van der Waals surface area contributed by atoms with Crippen LogP contribution in [-0.4, -0.2) is 20.6 Å². The number of carbonyl (C=O) groups excluding carboxylic acids is 2. The Bertz CT molecular complexity index is 1220. The Labute approximate surface area is 185 Å². The van der Waals surface area contributed by atoms with E-state index in [0.717, 1.165) is 39.3 Å². The summed E-state index contributed by atoms with van der Waals surface area (Å²) in [6, 6.07) is 14.6. The number of halogens is 1. The van der Waals surface area contributed by atoms with Crippen LogP contribution in [0.2, 0.25) is 0 Å². The van der Waals surface area contributed by atoms with E-state index >= 15 is 0 Å². The monoisotopic (exact) mass is 434 g/mol. The number of imide groups is 1. The quantitative estimate of drug-likeness (QED) is 0.467. The molecule has 2 heterocycles. The molecule has 0 aliphatic carbocycles. The molecular formula is C25H23FN2O2S. The van der Waals surface area contributed by atoms with Gasteiger partial charge in [-0.2, -0.15) is 0 Å². The van der Waals surface area contributed by atoms with Crippen molar-refractivity contribution in [1.82, 2.24) is 9.47 Å². The van der Waals surface area contributed by atoms with Gasteiger partial charge in [-0.05, 0) is 86.5 Å². The van der Waals surface area contributed by atoms with E-state index < -0.39 is 11.7 Å². The molecule has 0 spiro atoms. The highest BCUT2D eigenvalue weighted by Gasteiger charge is 2.35. The highest BCUT2D eigenvalue weighted by Crippen LogP contribution is 2.35. The van der Waals surface area contributed by atoms with E-state index in [1.807, 2.05) is 19.9 Å². The smallest absolute Gasteiger partial charge is 0.293 e. The maximum atomic E-state index is 14.0. The second kappa shape index (κ2) is 8.19. The van der Waals surface area contributed by atoms with Gasteiger partial charge in [0.25, 0.3) is 11.1 Å². The van der Waals surface area contributed by atoms with Gasteiger partial charge in [0, 0.05) is 22.6 Å². The van der Waals surface area contributed by atoms with Gasteiger partial charge in [-0.15, -0.1) is 0 Å². The third-order valence-electron chi connectivity index (χ3n) is 5.38. The molecule has 0 atom stereocenters. The molecule has 3 aromatic rings. The number of hydrogen-bond acceptors (Lipinski definition) is 3. The van der Waals surface area contributed by atoms with Gasteiger partial charge in [-0.25, -0.2) is 4.39 Å². The molecule has 0 radical (unpaired) electrons. The molecule has 1 aliphatic rings. The minimum atomic E-state index is -0.428. The lowest BCUT2D eigenvalue weighted by molar-refractivity contribution is -0.123. The van der Waals surface area contributed by atoms with Crippen molar-refractivity contribution in [1.29, 1.82) is 0 Å². The molecule has 1 aromatic heterocycles. The summed E-state index contributed by atoms with van der Waals surface area (Å²) in [5.41, 5.74) is 6.66. The summed E-state index contributed by atoms with van der Waals surface area (Å²) in [4.78, 5) is 26.8. The van der Waals surface area contributed by atoms with Crippen LogP contribution in [-0.2, 0) is 11.3 Å². The van der Waals surface area contributed by atoms with Crippen LogP contribution in [0.15, 0.2) is 53.4 Å². The molecule has 0 saturated carbocycles. The molecule has 2 amide bonds. The van der Waals surface area contributed by atoms with Crippen molar-refractivity contribution in [2.45, 2.75) is 34.2 Å². The van der Waals surface area contributed by atoms with Crippen LogP contribution in [0.3, 0.4) is 0 Å². The first-order valence-electron chi connectivity index (χ1n) is 10.0. The van der Waals surface area contributed by atoms with E-state index in [1.165, 1.54) is 17.2 Å². The van der Waals surface area contributed by atoms with Crippen LogP contribution < -0.4 is 0 Å². The third-order valence-corrected chi connectivity index (χ3v) is 6.29. The second-order valence-electron chi connectivity index (χ2n) is 7.87. The van der Waals surface area contributed by atoms with Crippen LogP contribution in [0.25, 0.3) is 11.8 Å². The Morgan fingerprint density at radius 1 is 0.968 bits per heavy atom. The zero-order chi connectivity index (χ0) is 22.3. The van der Waals surface area contributed by atoms with Gasteiger partial charge >= 0.3 is 0 Å². The van der Waals surface area contributed by atoms with E-state index in [0.29, 0.717) is 10.5 Å². The molecule has 31 heavy (non-hydrogen) atoms. The highest BCUT2D eigenvalue weighted by molar-refractivity contribution is 8.18. The Morgan fingerprint density at radius 3 is 2.32 bits per heavy atom. The number of rotatable bonds is 4. The molecule has 4 rings (SSSR count). The largest absolute Gasteiger partial charge is 0.318 e. The fraction of sp³-hybridized carbons (Fsp3) is 0.200. The summed E-state index contributed by atoms with van der Waals surface area (Å²) >= 11 is 0.893. The molecule has 4 nitrogen and oxygen atoms in total. The number of hydrogen-bond donors (Lipinski definition) is 0. The lowest BCUT2D eigenvalue weighted by atomic mass is 10.1. The molecule has 0 bridgehead atoms. The minimum absolute atomic E-state index is 0.0731. The van der Waals surface area contributed by atoms with Crippen molar-refractivity contribution < 1.29 is 14.0 Å². The molecular weight excluding hydrogens is 411 g/mol. The molecule has 1 saturated heterocycles. The predicted octanol–water partition coefficient (Wildman–Crippen LogP) is 6.09. The highest BCUT2D eigenvalue weighted by atomic mass is 32.2. The zero-order valence-electron chi connectivity index (χ0n) is 17.9. The normalized spacial score (nSPS) is 15.4. The van der Waals surface area contributed by atoms with Crippen molar-refractivity contribution in [3.8, 4) is 5.69 Å². The second-order valence-corrected chi connectivity index (χ2v) is 8.86. The van der Waals surface area contributed by atoms with Gasteiger partial charge < -0.3 is 4.57 Å². The van der Waals surface area contributed by atoms with E-state index in [4.69, 9.17) is 0 Å². The SMILES string of the molecule is Cc1cc(C)cc(-n2c(C)cc(/C=C3\SC(=O)N(Cc4ccccc4F)C3=O)c2C)c1. The minimum Gasteiger partial charge on any atom is -0.318 e. The molecule has 1 fully saturated rings. The first-order chi connectivity index (χ1) is 14.7. The van der Waals surface area contributed by atoms with Gasteiger partial charge in [0.05, 0.1) is 11.4 Å². The third kappa shape index (κ3) is 4.08. The average Bonchev–Trinajstić information content (AvgIpc) is 3.12. The Hall–Kier alpha value is -3.12. The lowest BCUT2D eigenvalue weighted by Crippen LogP contribution is -2.27. The number of nitrogens with zero attached hydrogens (tertiary/aromatic N) is 2. The first kappa shape index (κ1) is 21.1. The van der Waals surface area contributed by atoms with Crippen molar-refractivity contribution in [3.05, 3.63) is 92.9 Å². The van der Waals surface area contributed by atoms with E-state index in [1.54, 1.807) is 24.3 Å². The standard InChI is InChI=1S/C25H23FN2O2S/c1-15-9-16(2)11-21(10-15)28-17(3)12-20(18(28)4)13-23-24(29)27(25(30)31-23)14-19-7-5-6-8-22(19)26/h5-13H,14H2,1-4H3/b23-13-. The summed E-state index contributed by atoms with van der Waals surface area (Å²) in [6.45, 7) is 8.08. The summed E-state index contributed by atoms with van der Waals surface area (Å²) < 4.78 is 16.1.